The molecule has 0 unspecified atom stereocenters. The quantitative estimate of drug-likeness (QED) is 0.502. The SMILES string of the molecule is OCCCN1C=CN(CCCO)N1CCCO. The van der Waals surface area contributed by atoms with E-state index in [-0.39, 0.29) is 19.8 Å². The van der Waals surface area contributed by atoms with Crippen LogP contribution in [0.5, 0.6) is 0 Å². The molecule has 0 saturated heterocycles. The lowest BCUT2D eigenvalue weighted by Crippen LogP contribution is -2.46. The summed E-state index contributed by atoms with van der Waals surface area (Å²) in [5.74, 6) is 0. The van der Waals surface area contributed by atoms with Gasteiger partial charge in [0.25, 0.3) is 0 Å². The minimum absolute atomic E-state index is 0.165. The molecule has 1 rings (SSSR count). The van der Waals surface area contributed by atoms with E-state index < -0.39 is 0 Å². The highest BCUT2D eigenvalue weighted by Crippen LogP contribution is 2.15. The van der Waals surface area contributed by atoms with Crippen molar-refractivity contribution in [2.75, 3.05) is 39.5 Å². The van der Waals surface area contributed by atoms with Crippen LogP contribution < -0.4 is 0 Å². The van der Waals surface area contributed by atoms with Crippen molar-refractivity contribution in [2.24, 2.45) is 0 Å². The van der Waals surface area contributed by atoms with Gasteiger partial charge in [-0.2, -0.15) is 0 Å². The summed E-state index contributed by atoms with van der Waals surface area (Å²) >= 11 is 0. The Hall–Kier alpha value is -0.820. The number of hydrogen-bond donors (Lipinski definition) is 3. The van der Waals surface area contributed by atoms with Gasteiger partial charge in [-0.25, -0.2) is 0 Å². The lowest BCUT2D eigenvalue weighted by atomic mass is 10.4. The fourth-order valence-electron chi connectivity index (χ4n) is 1.77. The van der Waals surface area contributed by atoms with E-state index in [1.165, 1.54) is 0 Å². The van der Waals surface area contributed by atoms with E-state index in [9.17, 15) is 0 Å². The first-order valence-corrected chi connectivity index (χ1v) is 6.15. The Balaban J connectivity index is 2.44. The molecule has 0 radical (unpaired) electrons. The van der Waals surface area contributed by atoms with Crippen molar-refractivity contribution in [1.82, 2.24) is 15.1 Å². The van der Waals surface area contributed by atoms with Crippen LogP contribution in [-0.2, 0) is 0 Å². The first-order valence-electron chi connectivity index (χ1n) is 6.15. The molecule has 0 aromatic carbocycles. The van der Waals surface area contributed by atoms with Gasteiger partial charge in [-0.1, -0.05) is 0 Å². The Kier molecular flexibility index (Phi) is 6.95. The highest BCUT2D eigenvalue weighted by molar-refractivity contribution is 4.87. The number of nitrogens with zero attached hydrogens (tertiary/aromatic N) is 3. The maximum Gasteiger partial charge on any atom is 0.0448 e. The third-order valence-corrected chi connectivity index (χ3v) is 2.61. The van der Waals surface area contributed by atoms with E-state index in [1.54, 1.807) is 0 Å². The summed E-state index contributed by atoms with van der Waals surface area (Å²) in [5.41, 5.74) is 0. The van der Waals surface area contributed by atoms with Gasteiger partial charge in [0.05, 0.1) is 0 Å². The molecular formula is C11H23N3O3. The molecule has 1 aliphatic heterocycles. The topological polar surface area (TPSA) is 70.4 Å². The van der Waals surface area contributed by atoms with E-state index in [1.807, 2.05) is 27.5 Å². The van der Waals surface area contributed by atoms with Gasteiger partial charge in [-0.05, 0) is 19.3 Å². The second-order valence-corrected chi connectivity index (χ2v) is 3.95. The third-order valence-electron chi connectivity index (χ3n) is 2.61. The predicted molar refractivity (Wildman–Crippen MR) is 64.4 cm³/mol. The van der Waals surface area contributed by atoms with Gasteiger partial charge in [-0.15, -0.1) is 5.12 Å². The summed E-state index contributed by atoms with van der Waals surface area (Å²) in [6.07, 6.45) is 6.06. The third kappa shape index (κ3) is 4.51. The van der Waals surface area contributed by atoms with Crippen molar-refractivity contribution < 1.29 is 15.3 Å². The van der Waals surface area contributed by atoms with E-state index in [0.717, 1.165) is 19.6 Å². The molecule has 3 N–H and O–H groups in total. The Morgan fingerprint density at radius 3 is 1.47 bits per heavy atom. The molecule has 100 valence electrons. The monoisotopic (exact) mass is 245 g/mol. The average Bonchev–Trinajstić information content (AvgIpc) is 2.73. The zero-order valence-corrected chi connectivity index (χ0v) is 10.2. The maximum absolute atomic E-state index is 8.89. The van der Waals surface area contributed by atoms with Crippen LogP contribution in [0, 0.1) is 0 Å². The smallest absolute Gasteiger partial charge is 0.0448 e. The lowest BCUT2D eigenvalue weighted by molar-refractivity contribution is -0.114. The van der Waals surface area contributed by atoms with Crippen molar-refractivity contribution in [1.29, 1.82) is 0 Å². The van der Waals surface area contributed by atoms with Crippen LogP contribution in [0.2, 0.25) is 0 Å². The summed E-state index contributed by atoms with van der Waals surface area (Å²) in [6.45, 7) is 2.77. The second-order valence-electron chi connectivity index (χ2n) is 3.95. The molecular weight excluding hydrogens is 222 g/mol. The molecule has 0 amide bonds. The minimum atomic E-state index is 0.165. The molecule has 6 heteroatoms. The number of hydrogen-bond acceptors (Lipinski definition) is 6. The van der Waals surface area contributed by atoms with Crippen LogP contribution in [0.4, 0.5) is 0 Å². The largest absolute Gasteiger partial charge is 0.396 e. The Morgan fingerprint density at radius 2 is 1.06 bits per heavy atom. The lowest BCUT2D eigenvalue weighted by Gasteiger charge is -2.35. The molecule has 0 bridgehead atoms. The van der Waals surface area contributed by atoms with Crippen LogP contribution >= 0.6 is 0 Å². The summed E-state index contributed by atoms with van der Waals surface area (Å²) in [5, 5.41) is 32.7. The molecule has 0 aromatic heterocycles. The number of hydrazine groups is 2. The van der Waals surface area contributed by atoms with Gasteiger partial charge >= 0.3 is 0 Å². The fraction of sp³-hybridized carbons (Fsp3) is 0.818. The van der Waals surface area contributed by atoms with E-state index in [4.69, 9.17) is 15.3 Å². The minimum Gasteiger partial charge on any atom is -0.396 e. The van der Waals surface area contributed by atoms with E-state index in [0.29, 0.717) is 19.3 Å². The van der Waals surface area contributed by atoms with Gasteiger partial charge in [0, 0.05) is 51.9 Å². The summed E-state index contributed by atoms with van der Waals surface area (Å²) in [7, 11) is 0. The number of rotatable bonds is 9. The van der Waals surface area contributed by atoms with Crippen LogP contribution in [0.25, 0.3) is 0 Å². The first-order chi connectivity index (χ1) is 8.33. The molecule has 0 spiro atoms. The molecule has 0 aliphatic carbocycles. The summed E-state index contributed by atoms with van der Waals surface area (Å²) in [6, 6.07) is 0. The molecule has 0 fully saturated rings. The van der Waals surface area contributed by atoms with Gasteiger partial charge in [0.2, 0.25) is 0 Å². The van der Waals surface area contributed by atoms with Crippen molar-refractivity contribution in [3.05, 3.63) is 12.4 Å². The predicted octanol–water partition coefficient (Wildman–Crippen LogP) is -0.646. The van der Waals surface area contributed by atoms with Gasteiger partial charge < -0.3 is 15.3 Å². The van der Waals surface area contributed by atoms with Crippen LogP contribution in [0.1, 0.15) is 19.3 Å². The van der Waals surface area contributed by atoms with Crippen LogP contribution in [0.15, 0.2) is 12.4 Å². The zero-order chi connectivity index (χ0) is 12.5. The molecule has 0 atom stereocenters. The van der Waals surface area contributed by atoms with E-state index in [2.05, 4.69) is 0 Å². The summed E-state index contributed by atoms with van der Waals surface area (Å²) in [4.78, 5) is 0. The van der Waals surface area contributed by atoms with Gasteiger partial charge in [0.15, 0.2) is 0 Å². The van der Waals surface area contributed by atoms with E-state index >= 15 is 0 Å². The Bertz CT molecular complexity index is 208. The van der Waals surface area contributed by atoms with Crippen molar-refractivity contribution >= 4 is 0 Å². The zero-order valence-electron chi connectivity index (χ0n) is 10.2. The maximum atomic E-state index is 8.89. The number of aliphatic hydroxyl groups excluding tert-OH is 3. The van der Waals surface area contributed by atoms with Crippen molar-refractivity contribution in [3.8, 4) is 0 Å². The molecule has 1 aliphatic rings. The normalized spacial score (nSPS) is 16.2. The highest BCUT2D eigenvalue weighted by Gasteiger charge is 2.22. The molecule has 17 heavy (non-hydrogen) atoms. The average molecular weight is 245 g/mol. The van der Waals surface area contributed by atoms with Crippen LogP contribution in [0.3, 0.4) is 0 Å². The summed E-state index contributed by atoms with van der Waals surface area (Å²) < 4.78 is 0. The molecule has 0 saturated carbocycles. The fourth-order valence-corrected chi connectivity index (χ4v) is 1.77. The first kappa shape index (κ1) is 14.2. The molecule has 0 aromatic rings. The van der Waals surface area contributed by atoms with Crippen molar-refractivity contribution in [3.63, 3.8) is 0 Å². The molecule has 1 heterocycles. The Labute approximate surface area is 102 Å². The number of aliphatic hydroxyl groups is 3. The van der Waals surface area contributed by atoms with Crippen molar-refractivity contribution in [2.45, 2.75) is 19.3 Å². The highest BCUT2D eigenvalue weighted by atomic mass is 16.3. The van der Waals surface area contributed by atoms with Crippen LogP contribution in [-0.4, -0.2) is 69.9 Å². The standard InChI is InChI=1S/C11H23N3O3/c15-9-1-4-12-7-8-13(5-2-10-16)14(12)6-3-11-17/h7-8,15-17H,1-6,9-11H2. The second kappa shape index (κ2) is 8.30. The van der Waals surface area contributed by atoms with Gasteiger partial charge in [-0.3, -0.25) is 10.0 Å². The molecule has 6 nitrogen and oxygen atoms in total. The Morgan fingerprint density at radius 1 is 0.647 bits per heavy atom. The van der Waals surface area contributed by atoms with Gasteiger partial charge in [0.1, 0.15) is 0 Å².